The highest BCUT2D eigenvalue weighted by Gasteiger charge is 2.46. The van der Waals surface area contributed by atoms with E-state index in [1.807, 2.05) is 36.4 Å². The predicted molar refractivity (Wildman–Crippen MR) is 141 cm³/mol. The highest BCUT2D eigenvalue weighted by molar-refractivity contribution is 9.10. The Morgan fingerprint density at radius 2 is 1.89 bits per heavy atom. The second kappa shape index (κ2) is 8.61. The minimum atomic E-state index is -0.895. The monoisotopic (exact) mass is 560 g/mol. The van der Waals surface area contributed by atoms with Gasteiger partial charge in [0.2, 0.25) is 5.78 Å². The predicted octanol–water partition coefficient (Wildman–Crippen LogP) is 6.60. The van der Waals surface area contributed by atoms with Gasteiger partial charge >= 0.3 is 0 Å². The molecule has 0 aliphatic carbocycles. The summed E-state index contributed by atoms with van der Waals surface area (Å²) in [6.07, 6.45) is 0. The average Bonchev–Trinajstić information content (AvgIpc) is 3.58. The maximum Gasteiger partial charge on any atom is 0.296 e. The van der Waals surface area contributed by atoms with E-state index in [-0.39, 0.29) is 11.3 Å². The Morgan fingerprint density at radius 3 is 2.64 bits per heavy atom. The van der Waals surface area contributed by atoms with Gasteiger partial charge in [0.1, 0.15) is 11.3 Å². The highest BCUT2D eigenvalue weighted by Crippen LogP contribution is 2.45. The number of anilines is 1. The van der Waals surface area contributed by atoms with Crippen LogP contribution in [0.3, 0.4) is 0 Å². The van der Waals surface area contributed by atoms with Crippen molar-refractivity contribution in [1.29, 1.82) is 0 Å². The molecule has 3 aromatic carbocycles. The fourth-order valence-electron chi connectivity index (χ4n) is 4.34. The van der Waals surface area contributed by atoms with Crippen LogP contribution >= 0.6 is 27.3 Å². The minimum Gasteiger partial charge on any atom is -0.503 e. The molecule has 0 spiro atoms. The summed E-state index contributed by atoms with van der Waals surface area (Å²) in [5.74, 6) is -1.17. The number of aliphatic hydroxyl groups excluding tert-OH is 1. The maximum atomic E-state index is 13.7. The van der Waals surface area contributed by atoms with Crippen molar-refractivity contribution in [3.8, 4) is 5.75 Å². The summed E-state index contributed by atoms with van der Waals surface area (Å²) >= 11 is 4.71. The topological polar surface area (TPSA) is 92.9 Å². The fourth-order valence-corrected chi connectivity index (χ4v) is 5.63. The summed E-state index contributed by atoms with van der Waals surface area (Å²) in [7, 11) is 1.58. The molecule has 6 rings (SSSR count). The van der Waals surface area contributed by atoms with Gasteiger partial charge in [0, 0.05) is 9.86 Å². The van der Waals surface area contributed by atoms with E-state index in [1.165, 1.54) is 16.2 Å². The maximum absolute atomic E-state index is 13.7. The third kappa shape index (κ3) is 3.59. The summed E-state index contributed by atoms with van der Waals surface area (Å²) in [6, 6.07) is 20.6. The first-order chi connectivity index (χ1) is 17.4. The molecule has 5 aromatic rings. The number of methoxy groups -OCH3 is 1. The average molecular weight is 561 g/mol. The zero-order valence-electron chi connectivity index (χ0n) is 18.8. The van der Waals surface area contributed by atoms with E-state index in [0.717, 1.165) is 14.6 Å². The molecule has 0 fully saturated rings. The van der Waals surface area contributed by atoms with Crippen molar-refractivity contribution in [2.75, 3.05) is 12.0 Å². The van der Waals surface area contributed by atoms with Gasteiger partial charge in [-0.1, -0.05) is 57.6 Å². The van der Waals surface area contributed by atoms with Crippen molar-refractivity contribution < 1.29 is 23.8 Å². The summed E-state index contributed by atoms with van der Waals surface area (Å²) in [4.78, 5) is 33.2. The number of ketones is 1. The van der Waals surface area contributed by atoms with Crippen LogP contribution in [0.25, 0.3) is 21.2 Å². The van der Waals surface area contributed by atoms with Gasteiger partial charge in [-0.2, -0.15) is 0 Å². The molecule has 9 heteroatoms. The van der Waals surface area contributed by atoms with Crippen LogP contribution in [0, 0.1) is 0 Å². The van der Waals surface area contributed by atoms with Crippen molar-refractivity contribution in [1.82, 2.24) is 4.98 Å². The number of fused-ring (bicyclic) bond motifs is 2. The Labute approximate surface area is 217 Å². The molecule has 3 heterocycles. The lowest BCUT2D eigenvalue weighted by molar-refractivity contribution is -0.117. The van der Waals surface area contributed by atoms with Crippen molar-refractivity contribution in [2.24, 2.45) is 0 Å². The van der Waals surface area contributed by atoms with E-state index >= 15 is 0 Å². The Morgan fingerprint density at radius 1 is 1.11 bits per heavy atom. The molecule has 36 heavy (non-hydrogen) atoms. The molecule has 0 saturated heterocycles. The first kappa shape index (κ1) is 22.5. The van der Waals surface area contributed by atoms with Gasteiger partial charge in [0.25, 0.3) is 5.91 Å². The molecule has 0 saturated carbocycles. The van der Waals surface area contributed by atoms with E-state index in [2.05, 4.69) is 20.9 Å². The van der Waals surface area contributed by atoms with Crippen molar-refractivity contribution >= 4 is 65.3 Å². The number of thiazole rings is 1. The number of hydrogen-bond donors (Lipinski definition) is 1. The van der Waals surface area contributed by atoms with E-state index < -0.39 is 23.5 Å². The van der Waals surface area contributed by atoms with Crippen molar-refractivity contribution in [3.63, 3.8) is 0 Å². The van der Waals surface area contributed by atoms with Crippen LogP contribution in [0.2, 0.25) is 0 Å². The molecule has 0 bridgehead atoms. The minimum absolute atomic E-state index is 0.0450. The van der Waals surface area contributed by atoms with Gasteiger partial charge in [-0.3, -0.25) is 14.5 Å². The molecule has 0 radical (unpaired) electrons. The Bertz CT molecular complexity index is 1670. The normalized spacial score (nSPS) is 15.9. The summed E-state index contributed by atoms with van der Waals surface area (Å²) in [5, 5.41) is 12.1. The number of nitrogens with zero attached hydrogens (tertiary/aromatic N) is 2. The smallest absolute Gasteiger partial charge is 0.296 e. The Kier molecular flexibility index (Phi) is 5.39. The fraction of sp³-hybridized carbons (Fsp3) is 0.0741. The molecule has 1 aliphatic rings. The number of halogens is 1. The SMILES string of the molecule is COc1ccc2nc(N3C(=O)C(O)=C(C(=O)c4cc5ccccc5o4)C3c3ccc(Br)cc3)sc2c1. The third-order valence-electron chi connectivity index (χ3n) is 6.08. The number of para-hydroxylation sites is 1. The molecule has 1 atom stereocenters. The first-order valence-corrected chi connectivity index (χ1v) is 12.6. The van der Waals surface area contributed by atoms with E-state index in [9.17, 15) is 14.7 Å². The number of rotatable bonds is 5. The molecule has 1 N–H and O–H groups in total. The summed E-state index contributed by atoms with van der Waals surface area (Å²) in [5.41, 5.74) is 1.81. The van der Waals surface area contributed by atoms with Crippen molar-refractivity contribution in [3.05, 3.63) is 99.9 Å². The second-order valence-corrected chi connectivity index (χ2v) is 10.1. The van der Waals surface area contributed by atoms with Gasteiger partial charge in [-0.15, -0.1) is 0 Å². The molecule has 178 valence electrons. The number of amides is 1. The molecular weight excluding hydrogens is 544 g/mol. The summed E-state index contributed by atoms with van der Waals surface area (Å²) in [6.45, 7) is 0. The number of Topliss-reactive ketones (excluding diaryl/α,β-unsaturated/α-hetero) is 1. The largest absolute Gasteiger partial charge is 0.503 e. The van der Waals surface area contributed by atoms with Gasteiger partial charge < -0.3 is 14.3 Å². The van der Waals surface area contributed by atoms with Crippen LogP contribution in [-0.4, -0.2) is 28.9 Å². The van der Waals surface area contributed by atoms with Crippen LogP contribution in [0.5, 0.6) is 5.75 Å². The number of aromatic nitrogens is 1. The molecule has 7 nitrogen and oxygen atoms in total. The third-order valence-corrected chi connectivity index (χ3v) is 7.62. The molecule has 2 aromatic heterocycles. The van der Waals surface area contributed by atoms with Crippen LogP contribution in [0.1, 0.15) is 22.2 Å². The molecular formula is C27H17BrN2O5S. The van der Waals surface area contributed by atoms with Crippen LogP contribution < -0.4 is 9.64 Å². The summed E-state index contributed by atoms with van der Waals surface area (Å²) < 4.78 is 12.7. The van der Waals surface area contributed by atoms with Crippen LogP contribution in [0.15, 0.2) is 93.0 Å². The zero-order chi connectivity index (χ0) is 25.0. The number of aliphatic hydroxyl groups is 1. The van der Waals surface area contributed by atoms with Crippen LogP contribution in [0.4, 0.5) is 5.13 Å². The van der Waals surface area contributed by atoms with Crippen molar-refractivity contribution in [2.45, 2.75) is 6.04 Å². The first-order valence-electron chi connectivity index (χ1n) is 10.9. The second-order valence-electron chi connectivity index (χ2n) is 8.20. The number of hydrogen-bond acceptors (Lipinski definition) is 7. The Hall–Kier alpha value is -3.95. The van der Waals surface area contributed by atoms with Gasteiger partial charge in [0.05, 0.1) is 28.9 Å². The quantitative estimate of drug-likeness (QED) is 0.243. The lowest BCUT2D eigenvalue weighted by Gasteiger charge is -2.24. The van der Waals surface area contributed by atoms with E-state index in [1.54, 1.807) is 43.5 Å². The molecule has 1 unspecified atom stereocenters. The lowest BCUT2D eigenvalue weighted by atomic mass is 9.95. The van der Waals surface area contributed by atoms with Gasteiger partial charge in [0.15, 0.2) is 16.7 Å². The number of furan rings is 1. The van der Waals surface area contributed by atoms with Gasteiger partial charge in [-0.25, -0.2) is 4.98 Å². The Balaban J connectivity index is 1.50. The number of carbonyl (C=O) groups excluding carboxylic acids is 2. The van der Waals surface area contributed by atoms with E-state index in [0.29, 0.717) is 27.5 Å². The van der Waals surface area contributed by atoms with E-state index in [4.69, 9.17) is 9.15 Å². The number of benzene rings is 3. The zero-order valence-corrected chi connectivity index (χ0v) is 21.2. The standard InChI is InChI=1S/C27H17BrN2O5S/c1-34-17-10-11-18-21(13-17)36-27(29-18)30-23(14-6-8-16(28)9-7-14)22(25(32)26(30)33)24(31)20-12-15-4-2-3-5-19(15)35-20/h2-13,23,32H,1H3. The number of carbonyl (C=O) groups is 2. The molecule has 1 aliphatic heterocycles. The lowest BCUT2D eigenvalue weighted by Crippen LogP contribution is -2.30. The van der Waals surface area contributed by atoms with Crippen LogP contribution in [-0.2, 0) is 4.79 Å². The number of ether oxygens (including phenoxy) is 1. The highest BCUT2D eigenvalue weighted by atomic mass is 79.9. The molecule has 1 amide bonds. The van der Waals surface area contributed by atoms with Gasteiger partial charge in [-0.05, 0) is 48.0 Å².